The van der Waals surface area contributed by atoms with Gasteiger partial charge in [0, 0.05) is 24.2 Å². The molecule has 2 aliphatic heterocycles. The van der Waals surface area contributed by atoms with Crippen LogP contribution in [-0.2, 0) is 42.0 Å². The number of hydrogen-bond acceptors (Lipinski definition) is 6. The second-order valence-electron chi connectivity index (χ2n) is 9.59. The molecule has 0 radical (unpaired) electrons. The Labute approximate surface area is 206 Å². The maximum Gasteiger partial charge on any atom is 0.165 e. The number of ketones is 1. The van der Waals surface area contributed by atoms with Crippen molar-refractivity contribution in [2.45, 2.75) is 44.0 Å². The molecule has 0 aromatic heterocycles. The van der Waals surface area contributed by atoms with Crippen molar-refractivity contribution in [2.24, 2.45) is 11.1 Å². The van der Waals surface area contributed by atoms with Crippen molar-refractivity contribution < 1.29 is 27.2 Å². The summed E-state index contributed by atoms with van der Waals surface area (Å²) >= 11 is 11.9. The quantitative estimate of drug-likeness (QED) is 0.517. The van der Waals surface area contributed by atoms with Crippen molar-refractivity contribution in [2.75, 3.05) is 12.0 Å². The molecule has 2 aromatic carbocycles. The lowest BCUT2D eigenvalue weighted by Gasteiger charge is -2.44. The van der Waals surface area contributed by atoms with Gasteiger partial charge in [0.1, 0.15) is 5.75 Å². The van der Waals surface area contributed by atoms with Crippen molar-refractivity contribution in [1.29, 1.82) is 0 Å². The maximum absolute atomic E-state index is 13.8. The Kier molecular flexibility index (Phi) is 5.59. The first kappa shape index (κ1) is 23.7. The highest BCUT2D eigenvalue weighted by atomic mass is 35.5. The first-order valence-corrected chi connectivity index (χ1v) is 13.6. The minimum Gasteiger partial charge on any atom is -0.384 e. The van der Waals surface area contributed by atoms with Gasteiger partial charge in [0.2, 0.25) is 0 Å². The van der Waals surface area contributed by atoms with E-state index < -0.39 is 32.6 Å². The molecule has 0 saturated heterocycles. The van der Waals surface area contributed by atoms with E-state index >= 15 is 0 Å². The lowest BCUT2D eigenvalue weighted by molar-refractivity contribution is -0.149. The Bertz CT molecular complexity index is 1330. The fraction of sp³-hybridized carbons (Fsp3) is 0.417. The normalized spacial score (nSPS) is 27.8. The summed E-state index contributed by atoms with van der Waals surface area (Å²) < 4.78 is 42.8. The van der Waals surface area contributed by atoms with Crippen LogP contribution in [0, 0.1) is 11.7 Å². The highest BCUT2D eigenvalue weighted by molar-refractivity contribution is 7.91. The number of hydrogen-bond donors (Lipinski definition) is 0. The molecule has 6 nitrogen and oxygen atoms in total. The lowest BCUT2D eigenvalue weighted by atomic mass is 9.66. The van der Waals surface area contributed by atoms with Crippen molar-refractivity contribution in [3.63, 3.8) is 0 Å². The number of fused-ring (bicyclic) bond motifs is 2. The van der Waals surface area contributed by atoms with Gasteiger partial charge < -0.3 is 9.57 Å². The highest BCUT2D eigenvalue weighted by Crippen LogP contribution is 2.54. The van der Waals surface area contributed by atoms with E-state index in [2.05, 4.69) is 5.16 Å². The molecule has 10 heteroatoms. The van der Waals surface area contributed by atoms with Gasteiger partial charge in [0.15, 0.2) is 27.0 Å². The summed E-state index contributed by atoms with van der Waals surface area (Å²) in [5.74, 6) is -1.65. The monoisotopic (exact) mass is 525 g/mol. The van der Waals surface area contributed by atoms with Crippen molar-refractivity contribution >= 4 is 44.5 Å². The molecule has 2 heterocycles. The molecule has 0 amide bonds. The van der Waals surface area contributed by atoms with Crippen molar-refractivity contribution in [3.8, 4) is 0 Å². The van der Waals surface area contributed by atoms with Crippen LogP contribution in [0.3, 0.4) is 0 Å². The third kappa shape index (κ3) is 4.04. The summed E-state index contributed by atoms with van der Waals surface area (Å²) in [6, 6.07) is 8.94. The van der Waals surface area contributed by atoms with E-state index in [4.69, 9.17) is 32.8 Å². The highest BCUT2D eigenvalue weighted by Gasteiger charge is 2.53. The number of ether oxygens (including phenoxy) is 1. The summed E-state index contributed by atoms with van der Waals surface area (Å²) in [5.41, 5.74) is 2.91. The van der Waals surface area contributed by atoms with Crippen LogP contribution in [0.15, 0.2) is 35.5 Å². The number of oxime groups is 1. The third-order valence-corrected chi connectivity index (χ3v) is 8.26. The topological polar surface area (TPSA) is 82.0 Å². The summed E-state index contributed by atoms with van der Waals surface area (Å²) in [6.45, 7) is 2.25. The van der Waals surface area contributed by atoms with Crippen LogP contribution >= 0.6 is 23.2 Å². The van der Waals surface area contributed by atoms with Gasteiger partial charge in [0.25, 0.3) is 0 Å². The number of halogens is 3. The Morgan fingerprint density at radius 2 is 1.88 bits per heavy atom. The van der Waals surface area contributed by atoms with Gasteiger partial charge in [-0.2, -0.15) is 0 Å². The molecule has 180 valence electrons. The van der Waals surface area contributed by atoms with Crippen molar-refractivity contribution in [3.05, 3.63) is 68.4 Å². The zero-order chi connectivity index (χ0) is 24.5. The number of carbonyl (C=O) groups excluding carboxylic acids is 1. The van der Waals surface area contributed by atoms with Gasteiger partial charge in [-0.05, 0) is 54.7 Å². The second-order valence-corrected chi connectivity index (χ2v) is 12.5. The minimum absolute atomic E-state index is 0.0745. The molecule has 2 aromatic rings. The van der Waals surface area contributed by atoms with E-state index in [1.54, 1.807) is 0 Å². The Hall–Kier alpha value is -2.00. The average molecular weight is 526 g/mol. The fourth-order valence-electron chi connectivity index (χ4n) is 5.02. The second kappa shape index (κ2) is 8.01. The molecule has 1 spiro atoms. The molecule has 0 unspecified atom stereocenters. The van der Waals surface area contributed by atoms with Gasteiger partial charge in [-0.25, -0.2) is 12.8 Å². The van der Waals surface area contributed by atoms with Crippen molar-refractivity contribution in [1.82, 2.24) is 0 Å². The maximum atomic E-state index is 13.8. The molecule has 1 fully saturated rings. The zero-order valence-electron chi connectivity index (χ0n) is 18.5. The van der Waals surface area contributed by atoms with E-state index in [0.717, 1.165) is 28.7 Å². The molecule has 1 aliphatic carbocycles. The standard InChI is InChI=1S/C24H22Cl2FNO5S/c1-23(16-6-18(25)22(27)19(26)7-16)10-20(28-33-23)13-3-4-17-14(5-13)11-32-24(17)8-15(9-24)21(29)12-34(2,30)31/h3-7,15H,8-12H2,1-2H3/t15?,23-,24?/m0/s1. The predicted octanol–water partition coefficient (Wildman–Crippen LogP) is 4.92. The van der Waals surface area contributed by atoms with Gasteiger partial charge >= 0.3 is 0 Å². The minimum atomic E-state index is -3.34. The zero-order valence-corrected chi connectivity index (χ0v) is 20.9. The molecular weight excluding hydrogens is 504 g/mol. The number of carbonyl (C=O) groups is 1. The van der Waals surface area contributed by atoms with Gasteiger partial charge in [-0.1, -0.05) is 40.5 Å². The fourth-order valence-corrected chi connectivity index (χ4v) is 6.26. The first-order valence-electron chi connectivity index (χ1n) is 10.8. The number of Topliss-reactive ketones (excluding diaryl/α,β-unsaturated/α-hetero) is 1. The molecule has 1 saturated carbocycles. The Balaban J connectivity index is 1.32. The molecule has 34 heavy (non-hydrogen) atoms. The van der Waals surface area contributed by atoms with Crippen LogP contribution in [0.5, 0.6) is 0 Å². The van der Waals surface area contributed by atoms with Gasteiger partial charge in [0.05, 0.1) is 28.0 Å². The molecule has 3 aliphatic rings. The van der Waals surface area contributed by atoms with Crippen LogP contribution in [0.4, 0.5) is 4.39 Å². The summed E-state index contributed by atoms with van der Waals surface area (Å²) in [5, 5.41) is 4.13. The Morgan fingerprint density at radius 1 is 1.21 bits per heavy atom. The predicted molar refractivity (Wildman–Crippen MR) is 126 cm³/mol. The molecule has 0 bridgehead atoms. The lowest BCUT2D eigenvalue weighted by Crippen LogP contribution is -2.45. The van der Waals surface area contributed by atoms with Crippen LogP contribution in [0.2, 0.25) is 10.0 Å². The summed E-state index contributed by atoms with van der Waals surface area (Å²) in [4.78, 5) is 18.0. The first-order chi connectivity index (χ1) is 15.9. The van der Waals surface area contributed by atoms with Gasteiger partial charge in [-0.15, -0.1) is 0 Å². The largest absolute Gasteiger partial charge is 0.384 e. The van der Waals surface area contributed by atoms with Crippen LogP contribution < -0.4 is 0 Å². The van der Waals surface area contributed by atoms with E-state index in [1.807, 2.05) is 25.1 Å². The number of benzene rings is 2. The van der Waals surface area contributed by atoms with Crippen LogP contribution in [0.25, 0.3) is 0 Å². The number of nitrogens with zero attached hydrogens (tertiary/aromatic N) is 1. The van der Waals surface area contributed by atoms with Gasteiger partial charge in [-0.3, -0.25) is 4.79 Å². The number of sulfone groups is 1. The summed E-state index contributed by atoms with van der Waals surface area (Å²) in [7, 11) is -3.34. The van der Waals surface area contributed by atoms with Crippen LogP contribution in [0.1, 0.15) is 48.4 Å². The van der Waals surface area contributed by atoms with E-state index in [9.17, 15) is 17.6 Å². The SMILES string of the molecule is C[C@@]1(c2cc(Cl)c(F)c(Cl)c2)CC(c2ccc3c(c2)COC32CC(C(=O)CS(C)(=O)=O)C2)=NO1. The molecule has 0 N–H and O–H groups in total. The van der Waals surface area contributed by atoms with E-state index in [-0.39, 0.29) is 21.7 Å². The molecule has 5 rings (SSSR count). The molecular formula is C24H22Cl2FNO5S. The number of rotatable bonds is 5. The summed E-state index contributed by atoms with van der Waals surface area (Å²) in [6.07, 6.45) is 2.49. The average Bonchev–Trinajstić information content (AvgIpc) is 3.31. The molecule has 1 atom stereocenters. The Morgan fingerprint density at radius 3 is 2.53 bits per heavy atom. The third-order valence-electron chi connectivity index (χ3n) is 6.90. The smallest absolute Gasteiger partial charge is 0.165 e. The van der Waals surface area contributed by atoms with E-state index in [0.29, 0.717) is 31.4 Å². The van der Waals surface area contributed by atoms with Crippen LogP contribution in [-0.4, -0.2) is 31.9 Å². The van der Waals surface area contributed by atoms with E-state index in [1.165, 1.54) is 12.1 Å².